The monoisotopic (exact) mass is 1780 g/mol. The fraction of sp³-hybridized carbons (Fsp3) is 0.590. The topological polar surface area (TPSA) is 30.7 Å². The molecular weight excluding hydrogens is 1670 g/mol. The summed E-state index contributed by atoms with van der Waals surface area (Å²) in [5, 5.41) is 12.7. The Bertz CT molecular complexity index is 3430. The molecule has 17 heteroatoms. The number of halogens is 4. The van der Waals surface area contributed by atoms with Crippen molar-refractivity contribution in [3.8, 4) is 41.8 Å². The molecule has 0 bridgehead atoms. The fourth-order valence-electron chi connectivity index (χ4n) is 12.8. The van der Waals surface area contributed by atoms with Crippen molar-refractivity contribution in [1.29, 1.82) is 0 Å². The van der Waals surface area contributed by atoms with Crippen LogP contribution in [0, 0.1) is 17.6 Å². The zero-order valence-electron chi connectivity index (χ0n) is 59.2. The maximum absolute atomic E-state index is 15.7. The van der Waals surface area contributed by atoms with E-state index in [-0.39, 0.29) is 11.1 Å². The van der Waals surface area contributed by atoms with Gasteiger partial charge in [-0.05, 0) is 74.9 Å². The Morgan fingerprint density at radius 3 is 1.05 bits per heavy atom. The number of aromatic nitrogens is 3. The van der Waals surface area contributed by atoms with E-state index < -0.39 is 48.4 Å². The van der Waals surface area contributed by atoms with Crippen LogP contribution >= 0.6 is 123 Å². The van der Waals surface area contributed by atoms with Crippen LogP contribution < -0.4 is 5.79 Å². The van der Waals surface area contributed by atoms with Crippen LogP contribution in [0.4, 0.5) is 8.78 Å². The average Bonchev–Trinajstić information content (AvgIpc) is 1.59. The Morgan fingerprint density at radius 2 is 0.716 bits per heavy atom. The zero-order chi connectivity index (χ0) is 67.7. The van der Waals surface area contributed by atoms with Crippen LogP contribution in [0.15, 0.2) is 76.7 Å². The van der Waals surface area contributed by atoms with Crippen LogP contribution in [0.5, 0.6) is 0 Å². The van der Waals surface area contributed by atoms with E-state index in [1.165, 1.54) is 256 Å². The predicted molar refractivity (Wildman–Crippen MR) is 445 cm³/mol. The number of nitrogens with zero attached hydrogens (tertiary/aromatic N) is 3. The molecule has 0 aliphatic rings. The van der Waals surface area contributed by atoms with Gasteiger partial charge in [-0.3, -0.25) is 0 Å². The summed E-state index contributed by atoms with van der Waals surface area (Å²) in [6.45, 7) is 9.77. The number of thiophene rings is 6. The van der Waals surface area contributed by atoms with Crippen molar-refractivity contribution in [3.05, 3.63) is 79.9 Å². The van der Waals surface area contributed by atoms with Crippen molar-refractivity contribution in [2.24, 2.45) is 5.92 Å². The summed E-state index contributed by atoms with van der Waals surface area (Å²) in [6.07, 6.45) is 43.0. The van der Waals surface area contributed by atoms with Crippen LogP contribution in [0.1, 0.15) is 233 Å². The molecule has 0 aliphatic carbocycles. The van der Waals surface area contributed by atoms with Gasteiger partial charge in [0.15, 0.2) is 11.6 Å². The molecule has 9 aromatic rings. The molecule has 7 aromatic heterocycles. The molecule has 3 nitrogen and oxygen atoms in total. The van der Waals surface area contributed by atoms with Crippen LogP contribution in [-0.4, -0.2) is 63.3 Å². The van der Waals surface area contributed by atoms with Gasteiger partial charge in [0, 0.05) is 9.75 Å². The number of benzene rings is 2. The second kappa shape index (κ2) is 41.8. The van der Waals surface area contributed by atoms with Gasteiger partial charge in [0.2, 0.25) is 0 Å². The molecule has 0 N–H and O–H groups in total. The first-order chi connectivity index (χ1) is 45.9. The van der Waals surface area contributed by atoms with Gasteiger partial charge in [-0.25, -0.2) is 8.78 Å². The molecule has 7 heterocycles. The second-order valence-electron chi connectivity index (χ2n) is 28.6. The summed E-state index contributed by atoms with van der Waals surface area (Å²) >= 11 is 17.7. The third-order valence-corrected chi connectivity index (χ3v) is 47.6. The Kier molecular flexibility index (Phi) is 35.4. The second-order valence-corrected chi connectivity index (χ2v) is 71.4. The predicted octanol–water partition coefficient (Wildman–Crippen LogP) is 30.7. The van der Waals surface area contributed by atoms with Gasteiger partial charge < -0.3 is 0 Å². The van der Waals surface area contributed by atoms with Crippen LogP contribution in [0.25, 0.3) is 73.0 Å². The van der Waals surface area contributed by atoms with E-state index in [1.807, 2.05) is 24.3 Å². The summed E-state index contributed by atoms with van der Waals surface area (Å²) in [5.41, 5.74) is 4.33. The molecule has 9 rings (SSSR count). The molecule has 0 saturated carbocycles. The molecule has 0 fully saturated rings. The first-order valence-electron chi connectivity index (χ1n) is 36.7. The van der Waals surface area contributed by atoms with E-state index in [9.17, 15) is 0 Å². The van der Waals surface area contributed by atoms with E-state index >= 15 is 8.78 Å². The molecule has 0 amide bonds. The summed E-state index contributed by atoms with van der Waals surface area (Å²) in [4.78, 5) is 21.6. The van der Waals surface area contributed by atoms with Crippen LogP contribution in [0.2, 0.25) is 29.6 Å². The summed E-state index contributed by atoms with van der Waals surface area (Å²) in [6, 6.07) is 22.5. The third-order valence-electron chi connectivity index (χ3n) is 18.3. The fourth-order valence-corrected chi connectivity index (χ4v) is 33.2. The molecule has 1 atom stereocenters. The first-order valence-corrected chi connectivity index (χ1v) is 65.1. The molecular formula is C78H111Br2F2N3S8Sn2. The molecule has 2 aromatic carbocycles. The Labute approximate surface area is 630 Å². The number of hydrogen-bond acceptors (Lipinski definition) is 10. The van der Waals surface area contributed by atoms with Crippen molar-refractivity contribution >= 4 is 197 Å². The number of fused-ring (bicyclic) bond motifs is 3. The summed E-state index contributed by atoms with van der Waals surface area (Å²) < 4.78 is 42.7. The van der Waals surface area contributed by atoms with Crippen LogP contribution in [-0.2, 0) is 6.54 Å². The van der Waals surface area contributed by atoms with Crippen molar-refractivity contribution in [2.75, 3.05) is 11.5 Å². The normalized spacial score (nSPS) is 12.6. The van der Waals surface area contributed by atoms with E-state index in [0.29, 0.717) is 33.3 Å². The van der Waals surface area contributed by atoms with Gasteiger partial charge >= 0.3 is 277 Å². The molecule has 0 spiro atoms. The first kappa shape index (κ1) is 80.4. The molecule has 0 saturated heterocycles. The maximum atomic E-state index is 15.7. The van der Waals surface area contributed by atoms with Gasteiger partial charge in [-0.2, -0.15) is 15.0 Å². The van der Waals surface area contributed by atoms with Crippen LogP contribution in [0.3, 0.4) is 0 Å². The van der Waals surface area contributed by atoms with Crippen molar-refractivity contribution in [1.82, 2.24) is 15.0 Å². The molecule has 1 unspecified atom stereocenters. The minimum atomic E-state index is -2.33. The molecule has 0 radical (unpaired) electrons. The summed E-state index contributed by atoms with van der Waals surface area (Å²) in [5.74, 6) is 1.21. The Hall–Kier alpha value is -0.323. The Morgan fingerprint density at radius 1 is 0.400 bits per heavy atom. The minimum absolute atomic E-state index is 0.194. The standard InChI is InChI=1S/C42H56S6.C30H37Br2F2N3S2.6CH3.2Sn/c1-3-5-7-9-11-13-15-17-19-21-29-43-37-25-23-35(47-37)39-33-27-31-46-42(33)40(34-28-32-45-41(34)39)36-24-26-38(48-36)44-30-22-20-18-16-14-12-10-8-6-4-2;1-3-5-7-9-10-12-14-20(13-11-8-6-4-2)19-37-35-29-25(21-15-17-23(31)38-21)27(33)28(34)26(30(29)36-37)22-16-18-24(32)39-22;;;;;;;;/h23-28H,3-22,29-30H2,1-2H3;15-18,20H,3-14,19H2,1-2H3;6*1H3;;. The van der Waals surface area contributed by atoms with Crippen molar-refractivity contribution in [3.63, 3.8) is 0 Å². The van der Waals surface area contributed by atoms with Gasteiger partial charge in [0.25, 0.3) is 0 Å². The number of thioether (sulfide) groups is 2. The van der Waals surface area contributed by atoms with Gasteiger partial charge in [-0.1, -0.05) is 182 Å². The van der Waals surface area contributed by atoms with Gasteiger partial charge in [0.05, 0.1) is 25.2 Å². The zero-order valence-corrected chi connectivity index (χ0v) is 74.6. The van der Waals surface area contributed by atoms with Crippen molar-refractivity contribution < 1.29 is 8.78 Å². The van der Waals surface area contributed by atoms with Gasteiger partial charge in [0.1, 0.15) is 11.0 Å². The number of unbranched alkanes of at least 4 members (excludes halogenated alkanes) is 26. The SMILES string of the molecule is CCCCCCCCC(CCCCCC)Cn1nc2c(-c3ccc(Br)s3)c(F)c(F)c(-c3ccc(Br)s3)c2n1.CCCCCCCCCCCCSc1ccc(-c2c3c[c]([Sn]([CH3])([CH3])[CH3])sc3c(-c3ccc(SCCCCCCCCCCCC)s3)c3c[c]([Sn]([CH3])([CH3])[CH3])sc23)s1. The molecule has 522 valence electrons. The van der Waals surface area contributed by atoms with E-state index in [1.54, 1.807) is 31.1 Å². The summed E-state index contributed by atoms with van der Waals surface area (Å²) in [7, 11) is 0. The van der Waals surface area contributed by atoms with E-state index in [2.05, 4.69) is 194 Å². The quantitative estimate of drug-likeness (QED) is 0.0216. The molecule has 0 aliphatic heterocycles. The van der Waals surface area contributed by atoms with E-state index in [4.69, 9.17) is 10.2 Å². The number of hydrogen-bond donors (Lipinski definition) is 0. The van der Waals surface area contributed by atoms with Gasteiger partial charge in [-0.15, -0.1) is 22.7 Å². The van der Waals surface area contributed by atoms with E-state index in [0.717, 1.165) is 20.4 Å². The van der Waals surface area contributed by atoms with Crippen molar-refractivity contribution in [2.45, 2.75) is 278 Å². The molecule has 95 heavy (non-hydrogen) atoms. The Balaban J connectivity index is 0.000000259. The average molecular weight is 1780 g/mol. The number of rotatable bonds is 44. The third kappa shape index (κ3) is 24.4.